The van der Waals surface area contributed by atoms with Gasteiger partial charge in [0, 0.05) is 12.6 Å². The summed E-state index contributed by atoms with van der Waals surface area (Å²) in [6.07, 6.45) is -0.730. The van der Waals surface area contributed by atoms with Crippen LogP contribution >= 0.6 is 15.9 Å². The minimum Gasteiger partial charge on any atom is -0.479 e. The molecule has 0 radical (unpaired) electrons. The second kappa shape index (κ2) is 7.23. The Labute approximate surface area is 125 Å². The lowest BCUT2D eigenvalue weighted by atomic mass is 10.2. The van der Waals surface area contributed by atoms with Crippen LogP contribution in [0.3, 0.4) is 0 Å². The number of hydrogen-bond donors (Lipinski definition) is 1. The van der Waals surface area contributed by atoms with E-state index in [1.165, 1.54) is 18.2 Å². The first-order chi connectivity index (χ1) is 9.31. The summed E-state index contributed by atoms with van der Waals surface area (Å²) < 4.78 is 6.03. The Morgan fingerprint density at radius 3 is 2.65 bits per heavy atom. The largest absolute Gasteiger partial charge is 0.479 e. The molecule has 0 aliphatic heterocycles. The van der Waals surface area contributed by atoms with Crippen LogP contribution in [0.1, 0.15) is 20.8 Å². The zero-order chi connectivity index (χ0) is 15.3. The van der Waals surface area contributed by atoms with E-state index in [1.54, 1.807) is 6.92 Å². The summed E-state index contributed by atoms with van der Waals surface area (Å²) in [5.41, 5.74) is -0.0852. The van der Waals surface area contributed by atoms with Gasteiger partial charge in [0.05, 0.1) is 15.5 Å². The summed E-state index contributed by atoms with van der Waals surface area (Å²) in [7, 11) is 0. The van der Waals surface area contributed by atoms with E-state index in [1.807, 2.05) is 13.8 Å². The van der Waals surface area contributed by atoms with Crippen LogP contribution in [-0.2, 0) is 4.79 Å². The first-order valence-corrected chi connectivity index (χ1v) is 6.99. The number of carbonyl (C=O) groups is 1. The number of rotatable bonds is 6. The molecule has 0 aliphatic carbocycles. The number of carbonyl (C=O) groups excluding carboxylic acids is 1. The number of nitro groups is 1. The van der Waals surface area contributed by atoms with Crippen molar-refractivity contribution in [2.24, 2.45) is 5.92 Å². The predicted octanol–water partition coefficient (Wildman–Crippen LogP) is 2.90. The van der Waals surface area contributed by atoms with Crippen LogP contribution in [0, 0.1) is 16.0 Å². The average molecular weight is 345 g/mol. The number of nitro benzene ring substituents is 1. The molecular formula is C13H17BrN2O4. The molecule has 0 fully saturated rings. The summed E-state index contributed by atoms with van der Waals surface area (Å²) in [6.45, 7) is 6.13. The normalized spacial score (nSPS) is 12.1. The fraction of sp³-hybridized carbons (Fsp3) is 0.462. The molecule has 0 heterocycles. The van der Waals surface area contributed by atoms with Crippen LogP contribution in [0.25, 0.3) is 0 Å². The molecule has 1 aromatic rings. The molecule has 1 unspecified atom stereocenters. The standard InChI is InChI=1S/C13H17BrN2O4/c1-8(2)7-15-13(17)9(3)20-12-6-10(16(18)19)4-5-11(12)14/h4-6,8-9H,7H2,1-3H3,(H,15,17). The number of nitrogens with one attached hydrogen (secondary N) is 1. The van der Waals surface area contributed by atoms with Crippen molar-refractivity contribution >= 4 is 27.5 Å². The topological polar surface area (TPSA) is 81.5 Å². The van der Waals surface area contributed by atoms with Gasteiger partial charge in [-0.15, -0.1) is 0 Å². The predicted molar refractivity (Wildman–Crippen MR) is 78.7 cm³/mol. The highest BCUT2D eigenvalue weighted by Crippen LogP contribution is 2.30. The number of benzene rings is 1. The van der Waals surface area contributed by atoms with Gasteiger partial charge in [0.15, 0.2) is 6.10 Å². The van der Waals surface area contributed by atoms with Gasteiger partial charge in [0.1, 0.15) is 5.75 Å². The van der Waals surface area contributed by atoms with Crippen molar-refractivity contribution in [3.63, 3.8) is 0 Å². The lowest BCUT2D eigenvalue weighted by Gasteiger charge is -2.16. The highest BCUT2D eigenvalue weighted by atomic mass is 79.9. The van der Waals surface area contributed by atoms with Gasteiger partial charge in [-0.05, 0) is 34.8 Å². The fourth-order valence-electron chi connectivity index (χ4n) is 1.39. The molecule has 0 aliphatic rings. The van der Waals surface area contributed by atoms with Gasteiger partial charge in [-0.25, -0.2) is 0 Å². The van der Waals surface area contributed by atoms with Gasteiger partial charge in [-0.3, -0.25) is 14.9 Å². The lowest BCUT2D eigenvalue weighted by molar-refractivity contribution is -0.385. The van der Waals surface area contributed by atoms with Crippen molar-refractivity contribution < 1.29 is 14.5 Å². The molecule has 1 N–H and O–H groups in total. The first-order valence-electron chi connectivity index (χ1n) is 6.19. The van der Waals surface area contributed by atoms with Crippen LogP contribution in [0.2, 0.25) is 0 Å². The Bertz CT molecular complexity index is 505. The number of halogens is 1. The summed E-state index contributed by atoms with van der Waals surface area (Å²) in [6, 6.07) is 4.17. The Kier molecular flexibility index (Phi) is 5.94. The summed E-state index contributed by atoms with van der Waals surface area (Å²) >= 11 is 3.24. The summed E-state index contributed by atoms with van der Waals surface area (Å²) in [5.74, 6) is 0.360. The Hall–Kier alpha value is -1.63. The average Bonchev–Trinajstić information content (AvgIpc) is 2.37. The molecule has 20 heavy (non-hydrogen) atoms. The van der Waals surface area contributed by atoms with Gasteiger partial charge in [0.2, 0.25) is 0 Å². The Balaban J connectivity index is 2.74. The quantitative estimate of drug-likeness (QED) is 0.635. The molecule has 0 spiro atoms. The molecule has 7 heteroatoms. The third-order valence-corrected chi connectivity index (χ3v) is 3.14. The van der Waals surface area contributed by atoms with Crippen molar-refractivity contribution in [2.45, 2.75) is 26.9 Å². The number of amides is 1. The van der Waals surface area contributed by atoms with E-state index < -0.39 is 11.0 Å². The monoisotopic (exact) mass is 344 g/mol. The van der Waals surface area contributed by atoms with Crippen LogP contribution < -0.4 is 10.1 Å². The molecule has 6 nitrogen and oxygen atoms in total. The molecule has 1 aromatic carbocycles. The van der Waals surface area contributed by atoms with Crippen molar-refractivity contribution in [3.05, 3.63) is 32.8 Å². The maximum absolute atomic E-state index is 11.8. The minimum absolute atomic E-state index is 0.0852. The van der Waals surface area contributed by atoms with Gasteiger partial charge in [0.25, 0.3) is 11.6 Å². The molecule has 0 bridgehead atoms. The molecule has 1 atom stereocenters. The third-order valence-electron chi connectivity index (χ3n) is 2.48. The second-order valence-corrected chi connectivity index (χ2v) is 5.63. The molecule has 0 saturated carbocycles. The SMILES string of the molecule is CC(C)CNC(=O)C(C)Oc1cc([N+](=O)[O-])ccc1Br. The van der Waals surface area contributed by atoms with Crippen molar-refractivity contribution in [1.82, 2.24) is 5.32 Å². The molecular weight excluding hydrogens is 328 g/mol. The van der Waals surface area contributed by atoms with E-state index >= 15 is 0 Å². The zero-order valence-electron chi connectivity index (χ0n) is 11.6. The molecule has 110 valence electrons. The van der Waals surface area contributed by atoms with Gasteiger partial charge >= 0.3 is 0 Å². The summed E-state index contributed by atoms with van der Waals surface area (Å²) in [4.78, 5) is 22.0. The number of nitrogens with zero attached hydrogens (tertiary/aromatic N) is 1. The Morgan fingerprint density at radius 1 is 1.45 bits per heavy atom. The van der Waals surface area contributed by atoms with Crippen molar-refractivity contribution in [3.8, 4) is 5.75 Å². The van der Waals surface area contributed by atoms with Gasteiger partial charge in [-0.1, -0.05) is 13.8 Å². The van der Waals surface area contributed by atoms with Crippen molar-refractivity contribution in [2.75, 3.05) is 6.54 Å². The lowest BCUT2D eigenvalue weighted by Crippen LogP contribution is -2.38. The van der Waals surface area contributed by atoms with Crippen molar-refractivity contribution in [1.29, 1.82) is 0 Å². The van der Waals surface area contributed by atoms with E-state index in [2.05, 4.69) is 21.2 Å². The van der Waals surface area contributed by atoms with E-state index in [9.17, 15) is 14.9 Å². The summed E-state index contributed by atoms with van der Waals surface area (Å²) in [5, 5.41) is 13.5. The van der Waals surface area contributed by atoms with Crippen LogP contribution in [-0.4, -0.2) is 23.5 Å². The maximum atomic E-state index is 11.8. The van der Waals surface area contributed by atoms with Gasteiger partial charge in [-0.2, -0.15) is 0 Å². The number of ether oxygens (including phenoxy) is 1. The third kappa shape index (κ3) is 4.80. The Morgan fingerprint density at radius 2 is 2.10 bits per heavy atom. The molecule has 1 rings (SSSR count). The molecule has 0 saturated heterocycles. The fourth-order valence-corrected chi connectivity index (χ4v) is 1.73. The maximum Gasteiger partial charge on any atom is 0.273 e. The zero-order valence-corrected chi connectivity index (χ0v) is 13.1. The van der Waals surface area contributed by atoms with Crippen LogP contribution in [0.5, 0.6) is 5.75 Å². The van der Waals surface area contributed by atoms with Gasteiger partial charge < -0.3 is 10.1 Å². The number of hydrogen-bond acceptors (Lipinski definition) is 4. The minimum atomic E-state index is -0.730. The van der Waals surface area contributed by atoms with E-state index in [0.717, 1.165) is 0 Å². The molecule has 0 aromatic heterocycles. The van der Waals surface area contributed by atoms with E-state index in [-0.39, 0.29) is 17.3 Å². The first kappa shape index (κ1) is 16.4. The number of non-ortho nitro benzene ring substituents is 1. The second-order valence-electron chi connectivity index (χ2n) is 4.77. The van der Waals surface area contributed by atoms with E-state index in [4.69, 9.17) is 4.74 Å². The van der Waals surface area contributed by atoms with Crippen LogP contribution in [0.4, 0.5) is 5.69 Å². The van der Waals surface area contributed by atoms with Crippen LogP contribution in [0.15, 0.2) is 22.7 Å². The van der Waals surface area contributed by atoms with E-state index in [0.29, 0.717) is 16.9 Å². The highest BCUT2D eigenvalue weighted by molar-refractivity contribution is 9.10. The smallest absolute Gasteiger partial charge is 0.273 e. The molecule has 1 amide bonds. The highest BCUT2D eigenvalue weighted by Gasteiger charge is 2.18.